The lowest BCUT2D eigenvalue weighted by Crippen LogP contribution is -2.49. The summed E-state index contributed by atoms with van der Waals surface area (Å²) in [6, 6.07) is 18.1. The van der Waals surface area contributed by atoms with E-state index < -0.39 is 5.92 Å². The standard InChI is InChI=1S/C33H42N4O2S/c1-23(2)22-37-31(29-11-7-20-40-29)30(26-9-5-6-10-27(26)33(37)39)32(38)34-14-8-15-35-16-18-36(19-17-35)28-21-24(3)12-13-25(28)4/h5-7,9-13,20-21,23,30-31H,8,14-19,22H2,1-4H3,(H,34,38)/t30-,31+/m0/s1. The Morgan fingerprint density at radius 1 is 1.02 bits per heavy atom. The second-order valence-corrected chi connectivity index (χ2v) is 12.6. The van der Waals surface area contributed by atoms with Crippen LogP contribution < -0.4 is 10.2 Å². The molecule has 2 atom stereocenters. The van der Waals surface area contributed by atoms with Gasteiger partial charge in [-0.25, -0.2) is 0 Å². The molecule has 40 heavy (non-hydrogen) atoms. The maximum atomic E-state index is 13.9. The van der Waals surface area contributed by atoms with Crippen molar-refractivity contribution in [2.75, 3.05) is 50.7 Å². The Morgan fingerprint density at radius 2 is 1.80 bits per heavy atom. The molecule has 0 radical (unpaired) electrons. The molecule has 0 aliphatic carbocycles. The lowest BCUT2D eigenvalue weighted by Gasteiger charge is -2.42. The summed E-state index contributed by atoms with van der Waals surface area (Å²) in [5, 5.41) is 5.28. The third kappa shape index (κ3) is 6.11. The second kappa shape index (κ2) is 12.6. The van der Waals surface area contributed by atoms with Crippen molar-refractivity contribution in [2.45, 2.75) is 46.1 Å². The van der Waals surface area contributed by atoms with Crippen molar-refractivity contribution in [3.05, 3.63) is 87.1 Å². The van der Waals surface area contributed by atoms with E-state index in [1.54, 1.807) is 11.3 Å². The van der Waals surface area contributed by atoms with Crippen LogP contribution in [-0.4, -0.2) is 67.4 Å². The number of benzene rings is 2. The van der Waals surface area contributed by atoms with Crippen LogP contribution in [0, 0.1) is 19.8 Å². The minimum atomic E-state index is -0.424. The summed E-state index contributed by atoms with van der Waals surface area (Å²) in [4.78, 5) is 35.4. The summed E-state index contributed by atoms with van der Waals surface area (Å²) in [7, 11) is 0. The molecule has 3 aromatic rings. The fraction of sp³-hybridized carbons (Fsp3) is 0.455. The number of hydrogen-bond donors (Lipinski definition) is 1. The first-order valence-electron chi connectivity index (χ1n) is 14.6. The molecule has 5 rings (SSSR count). The fourth-order valence-corrected chi connectivity index (χ4v) is 7.02. The quantitative estimate of drug-likeness (QED) is 0.346. The number of thiophene rings is 1. The van der Waals surface area contributed by atoms with Gasteiger partial charge in [-0.05, 0) is 73.0 Å². The van der Waals surface area contributed by atoms with E-state index >= 15 is 0 Å². The average Bonchev–Trinajstić information content (AvgIpc) is 3.48. The van der Waals surface area contributed by atoms with Crippen LogP contribution in [-0.2, 0) is 4.79 Å². The Labute approximate surface area is 243 Å². The van der Waals surface area contributed by atoms with Crippen LogP contribution >= 0.6 is 11.3 Å². The van der Waals surface area contributed by atoms with E-state index in [2.05, 4.69) is 67.1 Å². The first-order chi connectivity index (χ1) is 19.3. The van der Waals surface area contributed by atoms with Crippen LogP contribution in [0.5, 0.6) is 0 Å². The number of rotatable bonds is 9. The fourth-order valence-electron chi connectivity index (χ4n) is 6.14. The van der Waals surface area contributed by atoms with Gasteiger partial charge in [0, 0.05) is 55.4 Å². The van der Waals surface area contributed by atoms with Crippen molar-refractivity contribution in [2.24, 2.45) is 5.92 Å². The zero-order chi connectivity index (χ0) is 28.2. The molecule has 0 spiro atoms. The van der Waals surface area contributed by atoms with E-state index in [9.17, 15) is 9.59 Å². The Kier molecular flexibility index (Phi) is 8.91. The van der Waals surface area contributed by atoms with E-state index in [0.717, 1.165) is 49.6 Å². The SMILES string of the molecule is Cc1ccc(C)c(N2CCN(CCCNC(=O)[C@H]3c4ccccc4C(=O)N(CC(C)C)[C@@H]3c3cccs3)CC2)c1. The molecule has 0 saturated carbocycles. The number of carbonyl (C=O) groups excluding carboxylic acids is 2. The van der Waals surface area contributed by atoms with Crippen LogP contribution in [0.2, 0.25) is 0 Å². The molecular weight excluding hydrogens is 516 g/mol. The topological polar surface area (TPSA) is 55.9 Å². The van der Waals surface area contributed by atoms with Crippen LogP contribution in [0.3, 0.4) is 0 Å². The highest BCUT2D eigenvalue weighted by molar-refractivity contribution is 7.10. The number of hydrogen-bond acceptors (Lipinski definition) is 5. The van der Waals surface area contributed by atoms with Crippen molar-refractivity contribution >= 4 is 28.8 Å². The van der Waals surface area contributed by atoms with E-state index in [0.29, 0.717) is 24.6 Å². The molecule has 1 fully saturated rings. The number of anilines is 1. The minimum Gasteiger partial charge on any atom is -0.369 e. The minimum absolute atomic E-state index is 0.00634. The summed E-state index contributed by atoms with van der Waals surface area (Å²) >= 11 is 1.62. The molecule has 1 aromatic heterocycles. The highest BCUT2D eigenvalue weighted by atomic mass is 32.1. The number of carbonyl (C=O) groups is 2. The molecule has 2 amide bonds. The normalized spacial score (nSPS) is 19.7. The Hall–Kier alpha value is -3.16. The van der Waals surface area contributed by atoms with Gasteiger partial charge >= 0.3 is 0 Å². The molecule has 1 saturated heterocycles. The van der Waals surface area contributed by atoms with E-state index in [-0.39, 0.29) is 17.9 Å². The highest BCUT2D eigenvalue weighted by Gasteiger charge is 2.44. The predicted molar refractivity (Wildman–Crippen MR) is 164 cm³/mol. The second-order valence-electron chi connectivity index (χ2n) is 11.6. The molecule has 7 heteroatoms. The zero-order valence-corrected chi connectivity index (χ0v) is 25.0. The Morgan fingerprint density at radius 3 is 2.52 bits per heavy atom. The molecule has 0 unspecified atom stereocenters. The van der Waals surface area contributed by atoms with E-state index in [1.165, 1.54) is 16.8 Å². The van der Waals surface area contributed by atoms with Gasteiger partial charge in [0.25, 0.3) is 5.91 Å². The van der Waals surface area contributed by atoms with Gasteiger partial charge in [-0.1, -0.05) is 50.2 Å². The summed E-state index contributed by atoms with van der Waals surface area (Å²) in [5.74, 6) is -0.0957. The smallest absolute Gasteiger partial charge is 0.254 e. The van der Waals surface area contributed by atoms with Gasteiger partial charge in [0.1, 0.15) is 0 Å². The molecule has 2 aliphatic heterocycles. The summed E-state index contributed by atoms with van der Waals surface area (Å²) in [5.41, 5.74) is 5.48. The number of amides is 2. The number of aryl methyl sites for hydroxylation is 2. The molecule has 212 valence electrons. The molecule has 3 heterocycles. The lowest BCUT2D eigenvalue weighted by molar-refractivity contribution is -0.124. The molecule has 2 aliphatic rings. The van der Waals surface area contributed by atoms with Gasteiger partial charge < -0.3 is 15.1 Å². The summed E-state index contributed by atoms with van der Waals surface area (Å²) in [6.45, 7) is 14.9. The first kappa shape index (κ1) is 28.4. The highest BCUT2D eigenvalue weighted by Crippen LogP contribution is 2.44. The predicted octanol–water partition coefficient (Wildman–Crippen LogP) is 5.63. The summed E-state index contributed by atoms with van der Waals surface area (Å²) in [6.07, 6.45) is 0.905. The van der Waals surface area contributed by atoms with E-state index in [4.69, 9.17) is 0 Å². The number of fused-ring (bicyclic) bond motifs is 1. The zero-order valence-electron chi connectivity index (χ0n) is 24.2. The van der Waals surface area contributed by atoms with Gasteiger partial charge in [-0.3, -0.25) is 14.5 Å². The van der Waals surface area contributed by atoms with Crippen LogP contribution in [0.4, 0.5) is 5.69 Å². The van der Waals surface area contributed by atoms with Crippen molar-refractivity contribution in [3.63, 3.8) is 0 Å². The molecule has 2 aromatic carbocycles. The molecule has 6 nitrogen and oxygen atoms in total. The number of nitrogens with one attached hydrogen (secondary N) is 1. The van der Waals surface area contributed by atoms with Crippen molar-refractivity contribution in [1.82, 2.24) is 15.1 Å². The third-order valence-electron chi connectivity index (χ3n) is 8.15. The van der Waals surface area contributed by atoms with Crippen molar-refractivity contribution in [3.8, 4) is 0 Å². The Bertz CT molecular complexity index is 1310. The van der Waals surface area contributed by atoms with Crippen LogP contribution in [0.1, 0.15) is 64.2 Å². The van der Waals surface area contributed by atoms with E-state index in [1.807, 2.05) is 40.6 Å². The largest absolute Gasteiger partial charge is 0.369 e. The van der Waals surface area contributed by atoms with Gasteiger partial charge in [0.15, 0.2) is 0 Å². The number of piperazine rings is 1. The third-order valence-corrected chi connectivity index (χ3v) is 9.09. The first-order valence-corrected chi connectivity index (χ1v) is 15.5. The van der Waals surface area contributed by atoms with Crippen molar-refractivity contribution in [1.29, 1.82) is 0 Å². The maximum Gasteiger partial charge on any atom is 0.254 e. The van der Waals surface area contributed by atoms with Gasteiger partial charge in [0.2, 0.25) is 5.91 Å². The summed E-state index contributed by atoms with van der Waals surface area (Å²) < 4.78 is 0. The van der Waals surface area contributed by atoms with Gasteiger partial charge in [-0.2, -0.15) is 0 Å². The van der Waals surface area contributed by atoms with Gasteiger partial charge in [0.05, 0.1) is 12.0 Å². The molecular formula is C33H42N4O2S. The Balaban J connectivity index is 1.22. The van der Waals surface area contributed by atoms with Crippen molar-refractivity contribution < 1.29 is 9.59 Å². The lowest BCUT2D eigenvalue weighted by atomic mass is 9.81. The van der Waals surface area contributed by atoms with Crippen LogP contribution in [0.15, 0.2) is 60.0 Å². The number of nitrogens with zero attached hydrogens (tertiary/aromatic N) is 3. The molecule has 1 N–H and O–H groups in total. The van der Waals surface area contributed by atoms with Gasteiger partial charge in [-0.15, -0.1) is 11.3 Å². The maximum absolute atomic E-state index is 13.9. The monoisotopic (exact) mass is 558 g/mol. The molecule has 0 bridgehead atoms. The average molecular weight is 559 g/mol. The van der Waals surface area contributed by atoms with Crippen LogP contribution in [0.25, 0.3) is 0 Å².